The van der Waals surface area contributed by atoms with Crippen molar-refractivity contribution < 1.29 is 9.66 Å². The van der Waals surface area contributed by atoms with Crippen LogP contribution in [0.25, 0.3) is 0 Å². The summed E-state index contributed by atoms with van der Waals surface area (Å²) in [5.74, 6) is 0.489. The molecule has 3 unspecified atom stereocenters. The van der Waals surface area contributed by atoms with Crippen molar-refractivity contribution in [1.82, 2.24) is 4.98 Å². The fourth-order valence-corrected chi connectivity index (χ4v) is 2.74. The van der Waals surface area contributed by atoms with E-state index in [-0.39, 0.29) is 23.5 Å². The largest absolute Gasteiger partial charge is 0.373 e. The van der Waals surface area contributed by atoms with E-state index in [1.807, 2.05) is 0 Å². The maximum Gasteiger partial charge on any atom is 0.305 e. The Morgan fingerprint density at radius 2 is 2.37 bits per heavy atom. The van der Waals surface area contributed by atoms with Gasteiger partial charge in [0, 0.05) is 6.07 Å². The van der Waals surface area contributed by atoms with Crippen molar-refractivity contribution in [1.29, 1.82) is 5.26 Å². The van der Waals surface area contributed by atoms with Crippen LogP contribution in [0.1, 0.15) is 25.0 Å². The smallest absolute Gasteiger partial charge is 0.305 e. The molecule has 2 aliphatic heterocycles. The Labute approximate surface area is 109 Å². The van der Waals surface area contributed by atoms with Gasteiger partial charge in [0.15, 0.2) is 0 Å². The summed E-state index contributed by atoms with van der Waals surface area (Å²) in [6.07, 6.45) is 3.55. The molecule has 0 saturated carbocycles. The van der Waals surface area contributed by atoms with Crippen molar-refractivity contribution in [3.63, 3.8) is 0 Å². The molecule has 7 nitrogen and oxygen atoms in total. The van der Waals surface area contributed by atoms with E-state index >= 15 is 0 Å². The molecule has 0 amide bonds. The fourth-order valence-electron chi connectivity index (χ4n) is 2.74. The molecule has 98 valence electrons. The third kappa shape index (κ3) is 2.11. The molecule has 1 N–H and O–H groups in total. The van der Waals surface area contributed by atoms with Gasteiger partial charge in [-0.15, -0.1) is 0 Å². The van der Waals surface area contributed by atoms with Crippen LogP contribution < -0.4 is 5.32 Å². The molecule has 0 aliphatic carbocycles. The lowest BCUT2D eigenvalue weighted by molar-refractivity contribution is -0.385. The Morgan fingerprint density at radius 3 is 2.95 bits per heavy atom. The first-order valence-electron chi connectivity index (χ1n) is 6.15. The van der Waals surface area contributed by atoms with Crippen LogP contribution in [0.15, 0.2) is 12.1 Å². The minimum atomic E-state index is -0.601. The predicted molar refractivity (Wildman–Crippen MR) is 65.5 cm³/mol. The highest BCUT2D eigenvalue weighted by Gasteiger charge is 2.40. The Hall–Kier alpha value is -2.20. The Kier molecular flexibility index (Phi) is 2.80. The Balaban J connectivity index is 1.79. The average molecular weight is 260 g/mol. The summed E-state index contributed by atoms with van der Waals surface area (Å²) in [4.78, 5) is 14.1. The van der Waals surface area contributed by atoms with E-state index in [1.165, 1.54) is 12.1 Å². The average Bonchev–Trinajstić information content (AvgIpc) is 3.00. The lowest BCUT2D eigenvalue weighted by atomic mass is 9.95. The summed E-state index contributed by atoms with van der Waals surface area (Å²) < 4.78 is 5.71. The van der Waals surface area contributed by atoms with Crippen LogP contribution >= 0.6 is 0 Å². The summed E-state index contributed by atoms with van der Waals surface area (Å²) in [6, 6.07) is 4.77. The number of anilines is 1. The number of nitro groups is 1. The maximum atomic E-state index is 10.7. The number of nitrogens with one attached hydrogen (secondary N) is 1. The zero-order valence-electron chi connectivity index (χ0n) is 10.1. The molecule has 1 aromatic heterocycles. The van der Waals surface area contributed by atoms with Gasteiger partial charge in [-0.05, 0) is 25.3 Å². The maximum absolute atomic E-state index is 10.7. The molecule has 2 bridgehead atoms. The topological polar surface area (TPSA) is 101 Å². The van der Waals surface area contributed by atoms with Crippen LogP contribution in [0.3, 0.4) is 0 Å². The van der Waals surface area contributed by atoms with E-state index in [1.54, 1.807) is 6.07 Å². The minimum absolute atomic E-state index is 0.168. The highest BCUT2D eigenvalue weighted by Crippen LogP contribution is 2.35. The molecule has 0 radical (unpaired) electrons. The number of fused-ring (bicyclic) bond motifs is 2. The first kappa shape index (κ1) is 11.9. The van der Waals surface area contributed by atoms with Gasteiger partial charge in [0.2, 0.25) is 5.69 Å². The van der Waals surface area contributed by atoms with E-state index < -0.39 is 4.92 Å². The first-order chi connectivity index (χ1) is 9.17. The van der Waals surface area contributed by atoms with Crippen LogP contribution in [0.4, 0.5) is 11.5 Å². The fraction of sp³-hybridized carbons (Fsp3) is 0.500. The van der Waals surface area contributed by atoms with Gasteiger partial charge in [0.05, 0.1) is 23.2 Å². The summed E-state index contributed by atoms with van der Waals surface area (Å²) >= 11 is 0. The van der Waals surface area contributed by atoms with E-state index in [9.17, 15) is 10.1 Å². The molecule has 19 heavy (non-hydrogen) atoms. The molecule has 0 spiro atoms. The van der Waals surface area contributed by atoms with Crippen LogP contribution in [-0.2, 0) is 4.74 Å². The van der Waals surface area contributed by atoms with Gasteiger partial charge in [-0.3, -0.25) is 10.1 Å². The summed E-state index contributed by atoms with van der Waals surface area (Å²) in [7, 11) is 0. The van der Waals surface area contributed by atoms with E-state index in [0.29, 0.717) is 11.9 Å². The van der Waals surface area contributed by atoms with Gasteiger partial charge in [-0.1, -0.05) is 0 Å². The van der Waals surface area contributed by atoms with Gasteiger partial charge in [-0.25, -0.2) is 4.98 Å². The number of nitrogens with zero attached hydrogens (tertiary/aromatic N) is 3. The molecule has 3 heterocycles. The summed E-state index contributed by atoms with van der Waals surface area (Å²) in [5, 5.41) is 22.8. The highest BCUT2D eigenvalue weighted by atomic mass is 16.6. The molecule has 2 aliphatic rings. The molecule has 7 heteroatoms. The number of hydrogen-bond donors (Lipinski definition) is 1. The van der Waals surface area contributed by atoms with Crippen molar-refractivity contribution >= 4 is 11.5 Å². The van der Waals surface area contributed by atoms with Crippen LogP contribution in [0.5, 0.6) is 0 Å². The van der Waals surface area contributed by atoms with Crippen LogP contribution in [0.2, 0.25) is 0 Å². The molecule has 3 rings (SSSR count). The molecule has 2 saturated heterocycles. The second-order valence-corrected chi connectivity index (χ2v) is 4.79. The van der Waals surface area contributed by atoms with Crippen molar-refractivity contribution in [2.45, 2.75) is 37.5 Å². The van der Waals surface area contributed by atoms with Gasteiger partial charge < -0.3 is 10.1 Å². The second kappa shape index (κ2) is 4.48. The van der Waals surface area contributed by atoms with Crippen LogP contribution in [0, 0.1) is 21.4 Å². The van der Waals surface area contributed by atoms with Crippen molar-refractivity contribution in [3.05, 3.63) is 27.9 Å². The minimum Gasteiger partial charge on any atom is -0.373 e. The second-order valence-electron chi connectivity index (χ2n) is 4.79. The highest BCUT2D eigenvalue weighted by molar-refractivity contribution is 5.50. The molecule has 3 atom stereocenters. The van der Waals surface area contributed by atoms with Gasteiger partial charge in [-0.2, -0.15) is 5.26 Å². The third-order valence-corrected chi connectivity index (χ3v) is 3.62. The van der Waals surface area contributed by atoms with Crippen molar-refractivity contribution in [2.75, 3.05) is 5.32 Å². The summed E-state index contributed by atoms with van der Waals surface area (Å²) in [5.41, 5.74) is -0.434. The van der Waals surface area contributed by atoms with Crippen LogP contribution in [-0.4, -0.2) is 28.2 Å². The number of ether oxygens (including phenoxy) is 1. The third-order valence-electron chi connectivity index (χ3n) is 3.62. The number of nitriles is 1. The monoisotopic (exact) mass is 260 g/mol. The van der Waals surface area contributed by atoms with E-state index in [2.05, 4.69) is 10.3 Å². The molecular weight excluding hydrogens is 248 g/mol. The number of aromatic nitrogens is 1. The molecule has 2 fully saturated rings. The predicted octanol–water partition coefficient (Wildman–Crippen LogP) is 1.59. The number of rotatable bonds is 3. The van der Waals surface area contributed by atoms with Crippen molar-refractivity contribution in [2.24, 2.45) is 0 Å². The first-order valence-corrected chi connectivity index (χ1v) is 6.15. The normalized spacial score (nSPS) is 28.1. The quantitative estimate of drug-likeness (QED) is 0.654. The number of pyridine rings is 1. The molecule has 0 aromatic carbocycles. The SMILES string of the molecule is N#Cc1nc(NC2CC3CCC2O3)ccc1[N+](=O)[O-]. The zero-order valence-corrected chi connectivity index (χ0v) is 10.1. The molecule has 1 aromatic rings. The van der Waals surface area contributed by atoms with Gasteiger partial charge in [0.1, 0.15) is 11.9 Å². The van der Waals surface area contributed by atoms with Crippen molar-refractivity contribution in [3.8, 4) is 6.07 Å². The summed E-state index contributed by atoms with van der Waals surface area (Å²) in [6.45, 7) is 0. The van der Waals surface area contributed by atoms with E-state index in [0.717, 1.165) is 19.3 Å². The molecular formula is C12H12N4O3. The Morgan fingerprint density at radius 1 is 1.53 bits per heavy atom. The van der Waals surface area contributed by atoms with Gasteiger partial charge in [0.25, 0.3) is 0 Å². The van der Waals surface area contributed by atoms with Gasteiger partial charge >= 0.3 is 5.69 Å². The lowest BCUT2D eigenvalue weighted by Crippen LogP contribution is -2.30. The standard InChI is InChI=1S/C12H12N4O3/c13-6-9-10(16(17)18)2-4-12(15-9)14-8-5-7-1-3-11(8)19-7/h2,4,7-8,11H,1,3,5H2,(H,14,15). The lowest BCUT2D eigenvalue weighted by Gasteiger charge is -2.20. The zero-order chi connectivity index (χ0) is 13.4. The Bertz CT molecular complexity index is 569. The number of hydrogen-bond acceptors (Lipinski definition) is 6. The van der Waals surface area contributed by atoms with E-state index in [4.69, 9.17) is 10.00 Å².